The van der Waals surface area contributed by atoms with E-state index >= 15 is 0 Å². The van der Waals surface area contributed by atoms with Crippen molar-refractivity contribution in [3.63, 3.8) is 0 Å². The number of benzene rings is 1. The topological polar surface area (TPSA) is 86.6 Å². The van der Waals surface area contributed by atoms with E-state index in [2.05, 4.69) is 5.32 Å². The van der Waals surface area contributed by atoms with Gasteiger partial charge in [0.05, 0.1) is 0 Å². The smallest absolute Gasteiger partial charge is 0.326 e. The van der Waals surface area contributed by atoms with Crippen LogP contribution in [0.15, 0.2) is 36.4 Å². The molecular weight excluding hydrogens is 234 g/mol. The summed E-state index contributed by atoms with van der Waals surface area (Å²) in [4.78, 5) is 22.3. The van der Waals surface area contributed by atoms with Crippen LogP contribution in [0.2, 0.25) is 0 Å². The molecule has 1 amide bonds. The van der Waals surface area contributed by atoms with Crippen molar-refractivity contribution < 1.29 is 19.8 Å². The molecule has 0 heterocycles. The quantitative estimate of drug-likeness (QED) is 0.681. The monoisotopic (exact) mass is 249 g/mol. The van der Waals surface area contributed by atoms with E-state index in [4.69, 9.17) is 10.2 Å². The highest BCUT2D eigenvalue weighted by atomic mass is 16.4. The summed E-state index contributed by atoms with van der Waals surface area (Å²) in [5, 5.41) is 20.5. The van der Waals surface area contributed by atoms with Crippen LogP contribution in [0, 0.1) is 0 Å². The molecule has 0 saturated carbocycles. The molecule has 0 bridgehead atoms. The summed E-state index contributed by atoms with van der Waals surface area (Å²) in [6.07, 6.45) is 2.97. The molecule has 0 aliphatic rings. The highest BCUT2D eigenvalue weighted by molar-refractivity contribution is 5.91. The minimum Gasteiger partial charge on any atom is -0.508 e. The Kier molecular flexibility index (Phi) is 4.92. The Bertz CT molecular complexity index is 451. The van der Waals surface area contributed by atoms with Crippen LogP contribution in [0.3, 0.4) is 0 Å². The van der Waals surface area contributed by atoms with Crippen LogP contribution in [0.4, 0.5) is 0 Å². The molecule has 1 rings (SSSR count). The van der Waals surface area contributed by atoms with Gasteiger partial charge in [-0.05, 0) is 30.7 Å². The largest absolute Gasteiger partial charge is 0.508 e. The predicted molar refractivity (Wildman–Crippen MR) is 66.2 cm³/mol. The van der Waals surface area contributed by atoms with Gasteiger partial charge in [0, 0.05) is 6.42 Å². The standard InChI is InChI=1S/C13H15NO4/c1-2-3-12(16)14-11(13(17)18)8-9-4-6-10(15)7-5-9/h2-7,11,15H,8H2,1H3,(H,14,16)(H,17,18)/b3-2+/t11-/m1/s1. The van der Waals surface area contributed by atoms with Gasteiger partial charge in [-0.25, -0.2) is 4.79 Å². The number of amides is 1. The van der Waals surface area contributed by atoms with Gasteiger partial charge in [-0.1, -0.05) is 18.2 Å². The summed E-state index contributed by atoms with van der Waals surface area (Å²) in [6, 6.07) is 5.20. The van der Waals surface area contributed by atoms with Crippen LogP contribution in [-0.4, -0.2) is 28.1 Å². The van der Waals surface area contributed by atoms with Crippen LogP contribution >= 0.6 is 0 Å². The highest BCUT2D eigenvalue weighted by Crippen LogP contribution is 2.11. The number of allylic oxidation sites excluding steroid dienone is 1. The molecule has 18 heavy (non-hydrogen) atoms. The number of carboxylic acid groups (broad SMARTS) is 1. The molecule has 0 aliphatic carbocycles. The zero-order chi connectivity index (χ0) is 13.5. The Balaban J connectivity index is 2.71. The third-order valence-electron chi connectivity index (χ3n) is 2.31. The highest BCUT2D eigenvalue weighted by Gasteiger charge is 2.19. The summed E-state index contributed by atoms with van der Waals surface area (Å²) in [5.74, 6) is -1.42. The molecule has 5 heteroatoms. The van der Waals surface area contributed by atoms with E-state index < -0.39 is 17.9 Å². The summed E-state index contributed by atoms with van der Waals surface area (Å²) < 4.78 is 0. The lowest BCUT2D eigenvalue weighted by Gasteiger charge is -2.13. The Labute approximate surface area is 105 Å². The van der Waals surface area contributed by atoms with Crippen molar-refractivity contribution in [1.29, 1.82) is 0 Å². The number of carboxylic acids is 1. The van der Waals surface area contributed by atoms with Crippen LogP contribution in [-0.2, 0) is 16.0 Å². The fourth-order valence-electron chi connectivity index (χ4n) is 1.44. The molecule has 0 saturated heterocycles. The molecule has 0 aromatic heterocycles. The van der Waals surface area contributed by atoms with Gasteiger partial charge in [-0.15, -0.1) is 0 Å². The molecule has 0 aliphatic heterocycles. The van der Waals surface area contributed by atoms with Crippen molar-refractivity contribution in [2.24, 2.45) is 0 Å². The Morgan fingerprint density at radius 3 is 2.44 bits per heavy atom. The Morgan fingerprint density at radius 1 is 1.33 bits per heavy atom. The van der Waals surface area contributed by atoms with Crippen LogP contribution in [0.5, 0.6) is 5.75 Å². The first-order chi connectivity index (χ1) is 8.52. The summed E-state index contributed by atoms with van der Waals surface area (Å²) in [6.45, 7) is 1.68. The second-order valence-corrected chi connectivity index (χ2v) is 3.77. The number of phenols is 1. The number of hydrogen-bond donors (Lipinski definition) is 3. The fraction of sp³-hybridized carbons (Fsp3) is 0.231. The first kappa shape index (κ1) is 13.8. The number of carbonyl (C=O) groups is 2. The van der Waals surface area contributed by atoms with E-state index in [1.807, 2.05) is 0 Å². The van der Waals surface area contributed by atoms with Crippen molar-refractivity contribution >= 4 is 11.9 Å². The second kappa shape index (κ2) is 6.44. The van der Waals surface area contributed by atoms with E-state index in [0.29, 0.717) is 0 Å². The van der Waals surface area contributed by atoms with Crippen molar-refractivity contribution in [3.05, 3.63) is 42.0 Å². The van der Waals surface area contributed by atoms with Gasteiger partial charge in [-0.2, -0.15) is 0 Å². The molecule has 1 aromatic rings. The van der Waals surface area contributed by atoms with Gasteiger partial charge >= 0.3 is 5.97 Å². The fourth-order valence-corrected chi connectivity index (χ4v) is 1.44. The number of phenolic OH excluding ortho intramolecular Hbond substituents is 1. The summed E-state index contributed by atoms with van der Waals surface area (Å²) in [5.41, 5.74) is 0.723. The minimum absolute atomic E-state index is 0.114. The van der Waals surface area contributed by atoms with Gasteiger partial charge in [0.15, 0.2) is 0 Å². The van der Waals surface area contributed by atoms with Gasteiger partial charge in [0.2, 0.25) is 5.91 Å². The lowest BCUT2D eigenvalue weighted by molar-refractivity contribution is -0.141. The van der Waals surface area contributed by atoms with Crippen LogP contribution in [0.1, 0.15) is 12.5 Å². The molecule has 96 valence electrons. The number of rotatable bonds is 5. The van der Waals surface area contributed by atoms with Crippen molar-refractivity contribution in [3.8, 4) is 5.75 Å². The average Bonchev–Trinajstić information content (AvgIpc) is 2.31. The summed E-state index contributed by atoms with van der Waals surface area (Å²) in [7, 11) is 0. The minimum atomic E-state index is -1.10. The molecule has 0 fully saturated rings. The van der Waals surface area contributed by atoms with Crippen LogP contribution < -0.4 is 5.32 Å². The molecular formula is C13H15NO4. The van der Waals surface area contributed by atoms with Crippen molar-refractivity contribution in [1.82, 2.24) is 5.32 Å². The zero-order valence-corrected chi connectivity index (χ0v) is 9.96. The molecule has 3 N–H and O–H groups in total. The SMILES string of the molecule is C/C=C/C(=O)N[C@H](Cc1ccc(O)cc1)C(=O)O. The molecule has 5 nitrogen and oxygen atoms in total. The maximum Gasteiger partial charge on any atom is 0.326 e. The van der Waals surface area contributed by atoms with E-state index in [1.54, 1.807) is 19.1 Å². The van der Waals surface area contributed by atoms with Gasteiger partial charge in [0.25, 0.3) is 0 Å². The molecule has 1 aromatic carbocycles. The number of aromatic hydroxyl groups is 1. The maximum atomic E-state index is 11.3. The third kappa shape index (κ3) is 4.29. The number of hydrogen-bond acceptors (Lipinski definition) is 3. The number of nitrogens with one attached hydrogen (secondary N) is 1. The van der Waals surface area contributed by atoms with E-state index in [1.165, 1.54) is 24.3 Å². The van der Waals surface area contributed by atoms with Gasteiger partial charge < -0.3 is 15.5 Å². The lowest BCUT2D eigenvalue weighted by atomic mass is 10.1. The van der Waals surface area contributed by atoms with Crippen molar-refractivity contribution in [2.45, 2.75) is 19.4 Å². The Hall–Kier alpha value is -2.30. The molecule has 1 atom stereocenters. The van der Waals surface area contributed by atoms with E-state index in [-0.39, 0.29) is 12.2 Å². The third-order valence-corrected chi connectivity index (χ3v) is 2.31. The maximum absolute atomic E-state index is 11.3. The first-order valence-corrected chi connectivity index (χ1v) is 5.47. The van der Waals surface area contributed by atoms with E-state index in [0.717, 1.165) is 5.56 Å². The number of carbonyl (C=O) groups excluding carboxylic acids is 1. The first-order valence-electron chi connectivity index (χ1n) is 5.47. The average molecular weight is 249 g/mol. The predicted octanol–water partition coefficient (Wildman–Crippen LogP) is 1.08. The zero-order valence-electron chi connectivity index (χ0n) is 9.96. The second-order valence-electron chi connectivity index (χ2n) is 3.77. The van der Waals surface area contributed by atoms with Crippen molar-refractivity contribution in [2.75, 3.05) is 0 Å². The molecule has 0 radical (unpaired) electrons. The van der Waals surface area contributed by atoms with Crippen LogP contribution in [0.25, 0.3) is 0 Å². The lowest BCUT2D eigenvalue weighted by Crippen LogP contribution is -2.41. The Morgan fingerprint density at radius 2 is 1.94 bits per heavy atom. The summed E-state index contributed by atoms with van der Waals surface area (Å²) >= 11 is 0. The van der Waals surface area contributed by atoms with Gasteiger partial charge in [0.1, 0.15) is 11.8 Å². The van der Waals surface area contributed by atoms with E-state index in [9.17, 15) is 9.59 Å². The van der Waals surface area contributed by atoms with Gasteiger partial charge in [-0.3, -0.25) is 4.79 Å². The molecule has 0 spiro atoms. The number of aliphatic carboxylic acids is 1. The normalized spacial score (nSPS) is 12.3. The molecule has 0 unspecified atom stereocenters.